The number of alkyl halides is 2. The maximum atomic E-state index is 13.1. The third-order valence-corrected chi connectivity index (χ3v) is 5.96. The fourth-order valence-corrected chi connectivity index (χ4v) is 4.31. The smallest absolute Gasteiger partial charge is 0.326 e. The van der Waals surface area contributed by atoms with Gasteiger partial charge in [0.05, 0.1) is 6.04 Å². The monoisotopic (exact) mass is 500 g/mol. The Morgan fingerprint density at radius 3 is 2.48 bits per heavy atom. The number of nitrogens with one attached hydrogen (secondary N) is 3. The van der Waals surface area contributed by atoms with E-state index in [-0.39, 0.29) is 18.4 Å². The van der Waals surface area contributed by atoms with E-state index in [4.69, 9.17) is 23.2 Å². The van der Waals surface area contributed by atoms with Gasteiger partial charge in [-0.3, -0.25) is 9.59 Å². The lowest BCUT2D eigenvalue weighted by Crippen LogP contribution is -2.55. The Morgan fingerprint density at radius 2 is 1.91 bits per heavy atom. The Balaban J connectivity index is 2.21. The number of rotatable bonds is 14. The molecule has 184 valence electrons. The second-order valence-electron chi connectivity index (χ2n) is 8.14. The van der Waals surface area contributed by atoms with E-state index in [0.29, 0.717) is 44.1 Å². The van der Waals surface area contributed by atoms with Gasteiger partial charge in [0, 0.05) is 37.0 Å². The highest BCUT2D eigenvalue weighted by molar-refractivity contribution is 6.18. The van der Waals surface area contributed by atoms with E-state index < -0.39 is 24.0 Å². The Kier molecular flexibility index (Phi) is 11.8. The fraction of sp³-hybridized carbons (Fsp3) is 0.609. The van der Waals surface area contributed by atoms with E-state index >= 15 is 0 Å². The summed E-state index contributed by atoms with van der Waals surface area (Å²) in [5.41, 5.74) is 1.76. The van der Waals surface area contributed by atoms with Gasteiger partial charge in [0.2, 0.25) is 11.8 Å². The lowest BCUT2D eigenvalue weighted by molar-refractivity contribution is -0.142. The first kappa shape index (κ1) is 27.2. The van der Waals surface area contributed by atoms with E-state index in [9.17, 15) is 19.5 Å². The van der Waals surface area contributed by atoms with Gasteiger partial charge in [-0.1, -0.05) is 25.5 Å². The molecule has 1 aliphatic heterocycles. The van der Waals surface area contributed by atoms with Crippen molar-refractivity contribution < 1.29 is 19.5 Å². The number of carbonyl (C=O) groups is 3. The largest absolute Gasteiger partial charge is 0.480 e. The quantitative estimate of drug-likeness (QED) is 0.291. The third kappa shape index (κ3) is 8.68. The minimum Gasteiger partial charge on any atom is -0.480 e. The zero-order valence-corrected chi connectivity index (χ0v) is 20.5. The molecule has 1 aromatic rings. The number of benzene rings is 1. The molecule has 3 atom stereocenters. The molecule has 1 aromatic carbocycles. The number of carboxylic acids is 1. The van der Waals surface area contributed by atoms with E-state index in [1.165, 1.54) is 0 Å². The van der Waals surface area contributed by atoms with E-state index in [1.54, 1.807) is 0 Å². The van der Waals surface area contributed by atoms with Crippen LogP contribution in [0.25, 0.3) is 0 Å². The molecule has 1 aliphatic rings. The summed E-state index contributed by atoms with van der Waals surface area (Å²) in [6.45, 7) is 3.86. The summed E-state index contributed by atoms with van der Waals surface area (Å²) in [4.78, 5) is 39.4. The van der Waals surface area contributed by atoms with Crippen molar-refractivity contribution in [3.05, 3.63) is 29.8 Å². The van der Waals surface area contributed by atoms with Gasteiger partial charge in [0.25, 0.3) is 0 Å². The molecule has 2 amide bonds. The minimum absolute atomic E-state index is 0.228. The van der Waals surface area contributed by atoms with Crippen LogP contribution in [0.5, 0.6) is 0 Å². The van der Waals surface area contributed by atoms with Crippen LogP contribution in [0.15, 0.2) is 24.3 Å². The van der Waals surface area contributed by atoms with Gasteiger partial charge in [-0.25, -0.2) is 4.79 Å². The maximum absolute atomic E-state index is 13.1. The molecule has 0 bridgehead atoms. The van der Waals surface area contributed by atoms with Crippen LogP contribution in [0, 0.1) is 0 Å². The summed E-state index contributed by atoms with van der Waals surface area (Å²) in [6, 6.07) is 5.40. The molecular formula is C23H34Cl2N4O4. The van der Waals surface area contributed by atoms with Gasteiger partial charge in [0.1, 0.15) is 12.1 Å². The Hall–Kier alpha value is -2.03. The Labute approximate surface area is 205 Å². The van der Waals surface area contributed by atoms with Crippen molar-refractivity contribution in [1.82, 2.24) is 16.0 Å². The molecule has 10 heteroatoms. The normalized spacial score (nSPS) is 17.2. The highest BCUT2D eigenvalue weighted by Crippen LogP contribution is 2.18. The van der Waals surface area contributed by atoms with Crippen molar-refractivity contribution in [2.75, 3.05) is 36.3 Å². The van der Waals surface area contributed by atoms with Crippen molar-refractivity contribution in [1.29, 1.82) is 0 Å². The van der Waals surface area contributed by atoms with Crippen LogP contribution in [0.2, 0.25) is 0 Å². The standard InChI is InChI=1S/C23H34Cl2N4O4/c1-2-5-19(23(32)33)27-22(31)20(28-21(30)18-8-4-11-26-18)15-16-6-3-7-17(14-16)29(12-9-24)13-10-25/h3,6-7,14,18-20,26H,2,4-5,8-13,15H2,1H3,(H,27,31)(H,28,30)(H,32,33)/t18-,19-,20-/m0/s1. The molecule has 0 radical (unpaired) electrons. The number of anilines is 1. The molecule has 33 heavy (non-hydrogen) atoms. The van der Waals surface area contributed by atoms with E-state index in [0.717, 1.165) is 24.2 Å². The lowest BCUT2D eigenvalue weighted by Gasteiger charge is -2.25. The zero-order chi connectivity index (χ0) is 24.2. The van der Waals surface area contributed by atoms with Crippen LogP contribution in [0.1, 0.15) is 38.2 Å². The number of aliphatic carboxylic acids is 1. The topological polar surface area (TPSA) is 111 Å². The Bertz CT molecular complexity index is 783. The van der Waals surface area contributed by atoms with E-state index in [1.807, 2.05) is 31.2 Å². The average Bonchev–Trinajstić information content (AvgIpc) is 3.33. The summed E-state index contributed by atoms with van der Waals surface area (Å²) < 4.78 is 0. The van der Waals surface area contributed by atoms with Crippen LogP contribution in [-0.2, 0) is 20.8 Å². The number of nitrogens with zero attached hydrogens (tertiary/aromatic N) is 1. The number of carbonyl (C=O) groups excluding carboxylic acids is 2. The van der Waals surface area contributed by atoms with Crippen LogP contribution in [0.4, 0.5) is 5.69 Å². The number of amides is 2. The third-order valence-electron chi connectivity index (χ3n) is 5.63. The molecule has 0 aliphatic carbocycles. The molecule has 1 saturated heterocycles. The van der Waals surface area contributed by atoms with Crippen LogP contribution < -0.4 is 20.9 Å². The van der Waals surface area contributed by atoms with Crippen molar-refractivity contribution in [2.24, 2.45) is 0 Å². The molecular weight excluding hydrogens is 467 g/mol. The van der Waals surface area contributed by atoms with Gasteiger partial charge < -0.3 is 26.0 Å². The fourth-order valence-electron chi connectivity index (χ4n) is 3.90. The molecule has 2 rings (SSSR count). The molecule has 8 nitrogen and oxygen atoms in total. The van der Waals surface area contributed by atoms with Gasteiger partial charge in [-0.2, -0.15) is 0 Å². The second kappa shape index (κ2) is 14.3. The van der Waals surface area contributed by atoms with Crippen molar-refractivity contribution >= 4 is 46.7 Å². The van der Waals surface area contributed by atoms with Crippen molar-refractivity contribution in [3.8, 4) is 0 Å². The lowest BCUT2D eigenvalue weighted by atomic mass is 10.0. The van der Waals surface area contributed by atoms with Gasteiger partial charge >= 0.3 is 5.97 Å². The first-order valence-corrected chi connectivity index (χ1v) is 12.5. The van der Waals surface area contributed by atoms with Crippen LogP contribution in [0.3, 0.4) is 0 Å². The molecule has 0 saturated carbocycles. The minimum atomic E-state index is -1.09. The first-order chi connectivity index (χ1) is 15.9. The SMILES string of the molecule is CCC[C@H](NC(=O)[C@H](Cc1cccc(N(CCCl)CCCl)c1)NC(=O)[C@@H]1CCCN1)C(=O)O. The predicted octanol–water partition coefficient (Wildman–Crippen LogP) is 2.12. The van der Waals surface area contributed by atoms with Crippen LogP contribution >= 0.6 is 23.2 Å². The van der Waals surface area contributed by atoms with Gasteiger partial charge in [-0.05, 0) is 43.5 Å². The molecule has 0 unspecified atom stereocenters. The summed E-state index contributed by atoms with van der Waals surface area (Å²) >= 11 is 11.9. The second-order valence-corrected chi connectivity index (χ2v) is 8.89. The average molecular weight is 501 g/mol. The highest BCUT2D eigenvalue weighted by Gasteiger charge is 2.30. The maximum Gasteiger partial charge on any atom is 0.326 e. The summed E-state index contributed by atoms with van der Waals surface area (Å²) in [6.07, 6.45) is 2.75. The Morgan fingerprint density at radius 1 is 1.18 bits per heavy atom. The zero-order valence-electron chi connectivity index (χ0n) is 19.0. The van der Waals surface area contributed by atoms with Crippen molar-refractivity contribution in [3.63, 3.8) is 0 Å². The summed E-state index contributed by atoms with van der Waals surface area (Å²) in [5.74, 6) is -0.953. The molecule has 0 spiro atoms. The number of hydrogen-bond acceptors (Lipinski definition) is 5. The molecule has 1 fully saturated rings. The number of hydrogen-bond donors (Lipinski definition) is 4. The molecule has 4 N–H and O–H groups in total. The molecule has 1 heterocycles. The van der Waals surface area contributed by atoms with E-state index in [2.05, 4.69) is 20.9 Å². The van der Waals surface area contributed by atoms with Crippen molar-refractivity contribution in [2.45, 2.75) is 57.2 Å². The predicted molar refractivity (Wildman–Crippen MR) is 131 cm³/mol. The summed E-state index contributed by atoms with van der Waals surface area (Å²) in [5, 5.41) is 18.0. The van der Waals surface area contributed by atoms with Gasteiger partial charge in [-0.15, -0.1) is 23.2 Å². The van der Waals surface area contributed by atoms with Gasteiger partial charge in [0.15, 0.2) is 0 Å². The molecule has 0 aromatic heterocycles. The first-order valence-electron chi connectivity index (χ1n) is 11.4. The highest BCUT2D eigenvalue weighted by atomic mass is 35.5. The number of carboxylic acid groups (broad SMARTS) is 1. The summed E-state index contributed by atoms with van der Waals surface area (Å²) in [7, 11) is 0. The number of halogens is 2. The van der Waals surface area contributed by atoms with Crippen LogP contribution in [-0.4, -0.2) is 72.4 Å².